The van der Waals surface area contributed by atoms with Crippen LogP contribution in [-0.4, -0.2) is 26.9 Å². The maximum absolute atomic E-state index is 13.0. The molecule has 0 aliphatic carbocycles. The number of amides is 1. The van der Waals surface area contributed by atoms with Crippen LogP contribution in [0.4, 0.5) is 14.5 Å². The first-order chi connectivity index (χ1) is 11.5. The molecular weight excluding hydrogens is 380 g/mol. The van der Waals surface area contributed by atoms with Crippen molar-refractivity contribution in [3.05, 3.63) is 47.0 Å². The molecule has 0 saturated carbocycles. The fourth-order valence-corrected chi connectivity index (χ4v) is 2.98. The molecule has 0 saturated heterocycles. The number of nitrogens with one attached hydrogen (secondary N) is 1. The normalized spacial score (nSPS) is 15.0. The number of carbonyl (C=O) groups is 1. The molecule has 6 nitrogen and oxygen atoms in total. The van der Waals surface area contributed by atoms with Crippen LogP contribution in [-0.2, 0) is 9.84 Å². The predicted molar refractivity (Wildman–Crippen MR) is 85.2 cm³/mol. The van der Waals surface area contributed by atoms with Crippen molar-refractivity contribution in [3.63, 3.8) is 0 Å². The fraction of sp³-hybridized carbons (Fsp3) is 0.133. The van der Waals surface area contributed by atoms with E-state index in [0.717, 1.165) is 18.4 Å². The number of sulfone groups is 1. The molecule has 1 amide bonds. The summed E-state index contributed by atoms with van der Waals surface area (Å²) in [4.78, 5) is 12.3. The molecule has 0 bridgehead atoms. The van der Waals surface area contributed by atoms with Crippen molar-refractivity contribution in [1.29, 1.82) is 0 Å². The van der Waals surface area contributed by atoms with E-state index in [1.807, 2.05) is 0 Å². The second-order valence-corrected chi connectivity index (χ2v) is 7.62. The zero-order chi connectivity index (χ0) is 18.4. The van der Waals surface area contributed by atoms with Crippen LogP contribution in [0.2, 0.25) is 5.02 Å². The van der Waals surface area contributed by atoms with Crippen LogP contribution in [0.15, 0.2) is 41.3 Å². The SMILES string of the molecule is CS(=O)(=O)c1ccc(Cl)c(C(=O)Nc2ccc3c(c2)OC(F)(F)O3)c1. The minimum absolute atomic E-state index is 0.0391. The second-order valence-electron chi connectivity index (χ2n) is 5.20. The van der Waals surface area contributed by atoms with Crippen LogP contribution in [0.25, 0.3) is 0 Å². The average Bonchev–Trinajstić information content (AvgIpc) is 2.79. The van der Waals surface area contributed by atoms with Gasteiger partial charge >= 0.3 is 6.29 Å². The lowest BCUT2D eigenvalue weighted by molar-refractivity contribution is -0.286. The highest BCUT2D eigenvalue weighted by molar-refractivity contribution is 7.90. The molecule has 2 aromatic rings. The van der Waals surface area contributed by atoms with Crippen molar-refractivity contribution in [2.45, 2.75) is 11.2 Å². The molecule has 1 N–H and O–H groups in total. The number of hydrogen-bond donors (Lipinski definition) is 1. The van der Waals surface area contributed by atoms with Gasteiger partial charge in [0.15, 0.2) is 21.3 Å². The molecule has 1 aliphatic rings. The Labute approximate surface area is 146 Å². The standard InChI is InChI=1S/C15H10ClF2NO5S/c1-25(21,22)9-3-4-11(16)10(7-9)14(20)19-8-2-5-12-13(6-8)24-15(17,18)23-12/h2-7H,1H3,(H,19,20). The molecule has 0 atom stereocenters. The van der Waals surface area contributed by atoms with E-state index in [-0.39, 0.29) is 32.7 Å². The predicted octanol–water partition coefficient (Wildman–Crippen LogP) is 3.32. The maximum Gasteiger partial charge on any atom is 0.586 e. The van der Waals surface area contributed by atoms with E-state index in [2.05, 4.69) is 14.8 Å². The van der Waals surface area contributed by atoms with Gasteiger partial charge in [-0.05, 0) is 30.3 Å². The number of carbonyl (C=O) groups excluding carboxylic acids is 1. The minimum atomic E-state index is -3.77. The Morgan fingerprint density at radius 2 is 1.80 bits per heavy atom. The van der Waals surface area contributed by atoms with E-state index in [0.29, 0.717) is 0 Å². The van der Waals surface area contributed by atoms with Gasteiger partial charge in [-0.1, -0.05) is 11.6 Å². The Balaban J connectivity index is 1.87. The van der Waals surface area contributed by atoms with E-state index in [4.69, 9.17) is 11.6 Å². The van der Waals surface area contributed by atoms with Crippen LogP contribution in [0.5, 0.6) is 11.5 Å². The minimum Gasteiger partial charge on any atom is -0.395 e. The lowest BCUT2D eigenvalue weighted by atomic mass is 10.2. The van der Waals surface area contributed by atoms with Gasteiger partial charge in [-0.15, -0.1) is 8.78 Å². The van der Waals surface area contributed by atoms with E-state index in [1.54, 1.807) is 0 Å². The van der Waals surface area contributed by atoms with Gasteiger partial charge in [0.05, 0.1) is 15.5 Å². The number of ether oxygens (including phenoxy) is 2. The van der Waals surface area contributed by atoms with Gasteiger partial charge in [0.2, 0.25) is 0 Å². The highest BCUT2D eigenvalue weighted by Crippen LogP contribution is 2.42. The van der Waals surface area contributed by atoms with Crippen molar-refractivity contribution >= 4 is 33.0 Å². The summed E-state index contributed by atoms with van der Waals surface area (Å²) in [6.45, 7) is 0. The first kappa shape index (κ1) is 17.4. The third-order valence-corrected chi connectivity index (χ3v) is 4.71. The first-order valence-electron chi connectivity index (χ1n) is 6.76. The highest BCUT2D eigenvalue weighted by atomic mass is 35.5. The summed E-state index contributed by atoms with van der Waals surface area (Å²) in [7, 11) is -3.53. The van der Waals surface area contributed by atoms with Crippen LogP contribution in [0, 0.1) is 0 Å². The van der Waals surface area contributed by atoms with Crippen LogP contribution < -0.4 is 14.8 Å². The third-order valence-electron chi connectivity index (χ3n) is 3.27. The zero-order valence-corrected chi connectivity index (χ0v) is 14.1. The Kier molecular flexibility index (Phi) is 4.08. The van der Waals surface area contributed by atoms with E-state index in [1.165, 1.54) is 24.3 Å². The topological polar surface area (TPSA) is 81.7 Å². The summed E-state index contributed by atoms with van der Waals surface area (Å²) in [6.07, 6.45) is -2.77. The number of hydrogen-bond acceptors (Lipinski definition) is 5. The second kappa shape index (κ2) is 5.85. The lowest BCUT2D eigenvalue weighted by Crippen LogP contribution is -2.25. The molecule has 0 unspecified atom stereocenters. The summed E-state index contributed by atoms with van der Waals surface area (Å²) in [5.74, 6) is -1.11. The maximum atomic E-state index is 13.0. The molecule has 3 rings (SSSR count). The van der Waals surface area contributed by atoms with Crippen molar-refractivity contribution in [2.24, 2.45) is 0 Å². The Hall–Kier alpha value is -2.39. The van der Waals surface area contributed by atoms with E-state index in [9.17, 15) is 22.0 Å². The number of alkyl halides is 2. The summed E-state index contributed by atoms with van der Waals surface area (Å²) in [5, 5.41) is 2.48. The van der Waals surface area contributed by atoms with Gasteiger partial charge in [-0.25, -0.2) is 8.42 Å². The summed E-state index contributed by atoms with van der Waals surface area (Å²) >= 11 is 5.94. The Bertz CT molecular complexity index is 978. The molecule has 1 aliphatic heterocycles. The molecule has 132 valence electrons. The monoisotopic (exact) mass is 389 g/mol. The lowest BCUT2D eigenvalue weighted by Gasteiger charge is -2.09. The Morgan fingerprint density at radius 1 is 1.12 bits per heavy atom. The number of benzene rings is 2. The first-order valence-corrected chi connectivity index (χ1v) is 9.03. The van der Waals surface area contributed by atoms with Crippen LogP contribution >= 0.6 is 11.6 Å². The van der Waals surface area contributed by atoms with E-state index < -0.39 is 22.0 Å². The largest absolute Gasteiger partial charge is 0.586 e. The molecule has 0 aromatic heterocycles. The van der Waals surface area contributed by atoms with Crippen molar-refractivity contribution < 1.29 is 31.5 Å². The number of rotatable bonds is 3. The molecule has 2 aromatic carbocycles. The Morgan fingerprint density at radius 3 is 2.48 bits per heavy atom. The smallest absolute Gasteiger partial charge is 0.395 e. The molecule has 1 heterocycles. The van der Waals surface area contributed by atoms with Gasteiger partial charge in [-0.2, -0.15) is 0 Å². The van der Waals surface area contributed by atoms with Crippen molar-refractivity contribution in [2.75, 3.05) is 11.6 Å². The van der Waals surface area contributed by atoms with Gasteiger partial charge in [-0.3, -0.25) is 4.79 Å². The molecular formula is C15H10ClF2NO5S. The number of fused-ring (bicyclic) bond motifs is 1. The molecule has 0 fully saturated rings. The van der Waals surface area contributed by atoms with Crippen LogP contribution in [0.3, 0.4) is 0 Å². The average molecular weight is 390 g/mol. The van der Waals surface area contributed by atoms with Crippen LogP contribution in [0.1, 0.15) is 10.4 Å². The van der Waals surface area contributed by atoms with Crippen molar-refractivity contribution in [3.8, 4) is 11.5 Å². The summed E-state index contributed by atoms with van der Waals surface area (Å²) < 4.78 is 57.7. The number of anilines is 1. The van der Waals surface area contributed by atoms with Gasteiger partial charge < -0.3 is 14.8 Å². The van der Waals surface area contributed by atoms with Gasteiger partial charge in [0, 0.05) is 18.0 Å². The van der Waals surface area contributed by atoms with Crippen molar-refractivity contribution in [1.82, 2.24) is 0 Å². The molecule has 0 spiro atoms. The highest BCUT2D eigenvalue weighted by Gasteiger charge is 2.43. The summed E-state index contributed by atoms with van der Waals surface area (Å²) in [5.41, 5.74) is 0.0680. The summed E-state index contributed by atoms with van der Waals surface area (Å²) in [6, 6.07) is 7.39. The van der Waals surface area contributed by atoms with E-state index >= 15 is 0 Å². The van der Waals surface area contributed by atoms with Gasteiger partial charge in [0.1, 0.15) is 0 Å². The molecule has 25 heavy (non-hydrogen) atoms. The zero-order valence-electron chi connectivity index (χ0n) is 12.5. The van der Waals surface area contributed by atoms with Gasteiger partial charge in [0.25, 0.3) is 5.91 Å². The quantitative estimate of drug-likeness (QED) is 0.870. The molecule has 10 heteroatoms. The number of halogens is 3. The third kappa shape index (κ3) is 3.67. The molecule has 0 radical (unpaired) electrons. The fourth-order valence-electron chi connectivity index (χ4n) is 2.13.